The van der Waals surface area contributed by atoms with Gasteiger partial charge in [-0.15, -0.1) is 0 Å². The minimum absolute atomic E-state index is 0.0390. The third-order valence-electron chi connectivity index (χ3n) is 4.40. The molecule has 0 unspecified atom stereocenters. The molecule has 1 fully saturated rings. The van der Waals surface area contributed by atoms with Crippen LogP contribution >= 0.6 is 11.8 Å². The number of methoxy groups -OCH3 is 1. The van der Waals surface area contributed by atoms with Crippen LogP contribution in [0.2, 0.25) is 0 Å². The summed E-state index contributed by atoms with van der Waals surface area (Å²) in [7, 11) is 1.47. The summed E-state index contributed by atoms with van der Waals surface area (Å²) in [5.41, 5.74) is 0.181. The molecule has 176 valence electrons. The van der Waals surface area contributed by atoms with E-state index in [1.165, 1.54) is 36.3 Å². The van der Waals surface area contributed by atoms with Crippen molar-refractivity contribution < 1.29 is 36.6 Å². The fourth-order valence-electron chi connectivity index (χ4n) is 2.89. The highest BCUT2D eigenvalue weighted by atomic mass is 32.2. The van der Waals surface area contributed by atoms with Gasteiger partial charge in [0, 0.05) is 19.6 Å². The second-order valence-electron chi connectivity index (χ2n) is 6.73. The first-order chi connectivity index (χ1) is 15.8. The molecular formula is C21H19F4N3O4S. The van der Waals surface area contributed by atoms with Crippen LogP contribution < -0.4 is 10.1 Å². The Kier molecular flexibility index (Phi) is 8.28. The van der Waals surface area contributed by atoms with Gasteiger partial charge in [0.15, 0.2) is 5.17 Å². The number of alkyl halides is 2. The number of thioether (sulfide) groups is 1. The van der Waals surface area contributed by atoms with E-state index in [4.69, 9.17) is 4.74 Å². The maximum atomic E-state index is 13.8. The van der Waals surface area contributed by atoms with Gasteiger partial charge in [0.05, 0.1) is 24.5 Å². The maximum Gasteiger partial charge on any atom is 0.387 e. The van der Waals surface area contributed by atoms with Gasteiger partial charge in [0.25, 0.3) is 0 Å². The second kappa shape index (κ2) is 11.1. The van der Waals surface area contributed by atoms with Crippen LogP contribution in [-0.4, -0.2) is 54.0 Å². The number of benzene rings is 2. The third kappa shape index (κ3) is 6.68. The first-order valence-electron chi connectivity index (χ1n) is 9.62. The maximum absolute atomic E-state index is 13.8. The molecule has 1 saturated heterocycles. The standard InChI is InChI=1S/C21H19F4N3O4S/c1-31-9-8-28-19(30)17(11-18(29)27-16-7-2-12(22)10-15(16)23)33-21(28)26-13-3-5-14(6-4-13)32-20(24)25/h2-7,10,17,20H,8-9,11H2,1H3,(H,27,29)/t17-/m1/s1. The quantitative estimate of drug-likeness (QED) is 0.540. The van der Waals surface area contributed by atoms with E-state index in [2.05, 4.69) is 15.0 Å². The van der Waals surface area contributed by atoms with Crippen molar-refractivity contribution in [3.05, 3.63) is 54.1 Å². The van der Waals surface area contributed by atoms with E-state index in [-0.39, 0.29) is 36.9 Å². The number of rotatable bonds is 9. The van der Waals surface area contributed by atoms with Crippen molar-refractivity contribution in [2.24, 2.45) is 4.99 Å². The highest BCUT2D eigenvalue weighted by molar-refractivity contribution is 8.15. The van der Waals surface area contributed by atoms with E-state index in [9.17, 15) is 27.2 Å². The summed E-state index contributed by atoms with van der Waals surface area (Å²) in [6.07, 6.45) is -0.274. The number of anilines is 1. The van der Waals surface area contributed by atoms with Gasteiger partial charge in [-0.2, -0.15) is 8.78 Å². The van der Waals surface area contributed by atoms with Crippen molar-refractivity contribution in [3.8, 4) is 5.75 Å². The molecule has 1 atom stereocenters. The van der Waals surface area contributed by atoms with Crippen LogP contribution in [-0.2, 0) is 14.3 Å². The fraction of sp³-hybridized carbons (Fsp3) is 0.286. The second-order valence-corrected chi connectivity index (χ2v) is 7.90. The minimum atomic E-state index is -2.95. The fourth-order valence-corrected chi connectivity index (χ4v) is 4.07. The number of aliphatic imine (C=N–C) groups is 1. The zero-order valence-electron chi connectivity index (χ0n) is 17.3. The molecule has 0 saturated carbocycles. The van der Waals surface area contributed by atoms with Crippen molar-refractivity contribution in [3.63, 3.8) is 0 Å². The molecule has 1 heterocycles. The van der Waals surface area contributed by atoms with Crippen LogP contribution in [0.15, 0.2) is 47.5 Å². The highest BCUT2D eigenvalue weighted by Gasteiger charge is 2.39. The summed E-state index contributed by atoms with van der Waals surface area (Å²) in [6.45, 7) is -2.56. The molecule has 2 aromatic carbocycles. The van der Waals surface area contributed by atoms with Crippen LogP contribution in [0.4, 0.5) is 28.9 Å². The Morgan fingerprint density at radius 3 is 2.58 bits per heavy atom. The highest BCUT2D eigenvalue weighted by Crippen LogP contribution is 2.32. The lowest BCUT2D eigenvalue weighted by molar-refractivity contribution is -0.128. The number of halogens is 4. The molecule has 1 aliphatic heterocycles. The Morgan fingerprint density at radius 1 is 1.21 bits per heavy atom. The van der Waals surface area contributed by atoms with Crippen LogP contribution in [0.1, 0.15) is 6.42 Å². The molecule has 1 aliphatic rings. The lowest BCUT2D eigenvalue weighted by atomic mass is 10.2. The van der Waals surface area contributed by atoms with E-state index in [1.807, 2.05) is 0 Å². The topological polar surface area (TPSA) is 80.2 Å². The van der Waals surface area contributed by atoms with Crippen LogP contribution in [0.3, 0.4) is 0 Å². The van der Waals surface area contributed by atoms with Crippen molar-refractivity contribution in [1.29, 1.82) is 0 Å². The normalized spacial score (nSPS) is 17.2. The number of ether oxygens (including phenoxy) is 2. The van der Waals surface area contributed by atoms with Crippen molar-refractivity contribution in [1.82, 2.24) is 4.90 Å². The summed E-state index contributed by atoms with van der Waals surface area (Å²) in [5.74, 6) is -2.77. The van der Waals surface area contributed by atoms with Gasteiger partial charge in [-0.3, -0.25) is 14.5 Å². The predicted octanol–water partition coefficient (Wildman–Crippen LogP) is 4.17. The van der Waals surface area contributed by atoms with E-state index < -0.39 is 29.4 Å². The van der Waals surface area contributed by atoms with E-state index in [0.29, 0.717) is 16.9 Å². The minimum Gasteiger partial charge on any atom is -0.435 e. The Bertz CT molecular complexity index is 1040. The van der Waals surface area contributed by atoms with Gasteiger partial charge >= 0.3 is 6.61 Å². The van der Waals surface area contributed by atoms with Crippen molar-refractivity contribution >= 4 is 40.1 Å². The Labute approximate surface area is 190 Å². The van der Waals surface area contributed by atoms with E-state index in [0.717, 1.165) is 23.9 Å². The molecule has 2 amide bonds. The lowest BCUT2D eigenvalue weighted by Gasteiger charge is -2.15. The molecule has 2 aromatic rings. The molecule has 33 heavy (non-hydrogen) atoms. The largest absolute Gasteiger partial charge is 0.435 e. The molecule has 3 rings (SSSR count). The zero-order valence-corrected chi connectivity index (χ0v) is 18.1. The number of amides is 2. The number of amidine groups is 1. The zero-order chi connectivity index (χ0) is 24.0. The van der Waals surface area contributed by atoms with Gasteiger partial charge in [-0.25, -0.2) is 13.8 Å². The van der Waals surface area contributed by atoms with Gasteiger partial charge in [0.1, 0.15) is 22.6 Å². The molecular weight excluding hydrogens is 466 g/mol. The molecule has 1 N–H and O–H groups in total. The summed E-state index contributed by atoms with van der Waals surface area (Å²) >= 11 is 1.04. The summed E-state index contributed by atoms with van der Waals surface area (Å²) < 4.78 is 60.8. The van der Waals surface area contributed by atoms with Crippen LogP contribution in [0.25, 0.3) is 0 Å². The smallest absolute Gasteiger partial charge is 0.387 e. The summed E-state index contributed by atoms with van der Waals surface area (Å²) in [6, 6.07) is 8.25. The number of hydrogen-bond donors (Lipinski definition) is 1. The van der Waals surface area contributed by atoms with Gasteiger partial charge < -0.3 is 14.8 Å². The summed E-state index contributed by atoms with van der Waals surface area (Å²) in [4.78, 5) is 31.0. The summed E-state index contributed by atoms with van der Waals surface area (Å²) in [5, 5.41) is 1.79. The number of hydrogen-bond acceptors (Lipinski definition) is 6. The number of carbonyl (C=O) groups is 2. The van der Waals surface area contributed by atoms with Crippen LogP contribution in [0.5, 0.6) is 5.75 Å². The monoisotopic (exact) mass is 485 g/mol. The molecule has 0 aliphatic carbocycles. The first-order valence-corrected chi connectivity index (χ1v) is 10.5. The number of nitrogens with zero attached hydrogens (tertiary/aromatic N) is 2. The molecule has 0 bridgehead atoms. The average molecular weight is 485 g/mol. The molecule has 0 spiro atoms. The molecule has 0 aromatic heterocycles. The Balaban J connectivity index is 1.72. The number of carbonyl (C=O) groups excluding carboxylic acids is 2. The van der Waals surface area contributed by atoms with E-state index >= 15 is 0 Å². The van der Waals surface area contributed by atoms with Gasteiger partial charge in [-0.1, -0.05) is 11.8 Å². The van der Waals surface area contributed by atoms with Crippen LogP contribution in [0, 0.1) is 11.6 Å². The lowest BCUT2D eigenvalue weighted by Crippen LogP contribution is -2.35. The third-order valence-corrected chi connectivity index (χ3v) is 5.58. The van der Waals surface area contributed by atoms with Crippen molar-refractivity contribution in [2.45, 2.75) is 18.3 Å². The molecule has 7 nitrogen and oxygen atoms in total. The molecule has 12 heteroatoms. The van der Waals surface area contributed by atoms with E-state index in [1.54, 1.807) is 0 Å². The van der Waals surface area contributed by atoms with Crippen molar-refractivity contribution in [2.75, 3.05) is 25.6 Å². The Morgan fingerprint density at radius 2 is 1.94 bits per heavy atom. The molecule has 0 radical (unpaired) electrons. The number of nitrogens with one attached hydrogen (secondary N) is 1. The SMILES string of the molecule is COCCN1C(=O)[C@@H](CC(=O)Nc2ccc(F)cc2F)SC1=Nc1ccc(OC(F)F)cc1. The predicted molar refractivity (Wildman–Crippen MR) is 115 cm³/mol. The average Bonchev–Trinajstić information content (AvgIpc) is 3.03. The Hall–Kier alpha value is -3.12. The van der Waals surface area contributed by atoms with Gasteiger partial charge in [0.2, 0.25) is 11.8 Å². The first kappa shape index (κ1) is 24.5. The van der Waals surface area contributed by atoms with Gasteiger partial charge in [-0.05, 0) is 36.4 Å².